The van der Waals surface area contributed by atoms with Crippen molar-refractivity contribution < 1.29 is 14.7 Å². The zero-order valence-corrected chi connectivity index (χ0v) is 10.7. The van der Waals surface area contributed by atoms with E-state index in [0.717, 1.165) is 19.3 Å². The number of carbonyl (C=O) groups is 2. The molecule has 0 aliphatic heterocycles. The van der Waals surface area contributed by atoms with E-state index in [-0.39, 0.29) is 23.3 Å². The molecule has 1 aliphatic rings. The van der Waals surface area contributed by atoms with Gasteiger partial charge in [0.25, 0.3) is 0 Å². The number of aromatic carboxylic acids is 1. The number of carbonyl (C=O) groups excluding carboxylic acids is 1. The zero-order chi connectivity index (χ0) is 14.0. The van der Waals surface area contributed by atoms with Crippen LogP contribution in [0, 0.1) is 0 Å². The number of hydrogen-bond donors (Lipinski definition) is 3. The van der Waals surface area contributed by atoms with E-state index < -0.39 is 5.97 Å². The maximum Gasteiger partial charge on any atom is 0.335 e. The monoisotopic (exact) mass is 263 g/mol. The van der Waals surface area contributed by atoms with E-state index >= 15 is 0 Å². The molecular weight excluding hydrogens is 246 g/mol. The molecule has 0 atom stereocenters. The third kappa shape index (κ3) is 2.78. The van der Waals surface area contributed by atoms with Gasteiger partial charge >= 0.3 is 12.0 Å². The van der Waals surface area contributed by atoms with Gasteiger partial charge in [0.15, 0.2) is 0 Å². The number of benzene rings is 1. The fraction of sp³-hybridized carbons (Fsp3) is 0.385. The van der Waals surface area contributed by atoms with Crippen molar-refractivity contribution in [1.29, 1.82) is 0 Å². The van der Waals surface area contributed by atoms with Crippen molar-refractivity contribution in [2.75, 3.05) is 17.7 Å². The largest absolute Gasteiger partial charge is 0.478 e. The van der Waals surface area contributed by atoms with Gasteiger partial charge in [-0.3, -0.25) is 4.90 Å². The third-order valence-electron chi connectivity index (χ3n) is 3.37. The summed E-state index contributed by atoms with van der Waals surface area (Å²) in [6.45, 7) is 0. The fourth-order valence-electron chi connectivity index (χ4n) is 1.93. The molecule has 19 heavy (non-hydrogen) atoms. The second kappa shape index (κ2) is 5.17. The van der Waals surface area contributed by atoms with Crippen LogP contribution in [0.5, 0.6) is 0 Å². The van der Waals surface area contributed by atoms with Gasteiger partial charge in [-0.25, -0.2) is 9.59 Å². The molecule has 0 saturated heterocycles. The molecule has 1 aromatic rings. The van der Waals surface area contributed by atoms with Crippen LogP contribution in [0.2, 0.25) is 0 Å². The van der Waals surface area contributed by atoms with Gasteiger partial charge in [-0.15, -0.1) is 0 Å². The molecule has 6 heteroatoms. The van der Waals surface area contributed by atoms with Crippen molar-refractivity contribution in [2.24, 2.45) is 0 Å². The van der Waals surface area contributed by atoms with E-state index in [4.69, 9.17) is 10.8 Å². The van der Waals surface area contributed by atoms with Crippen molar-refractivity contribution in [1.82, 2.24) is 5.32 Å². The van der Waals surface area contributed by atoms with Crippen LogP contribution < -0.4 is 16.0 Å². The fourth-order valence-corrected chi connectivity index (χ4v) is 1.93. The third-order valence-corrected chi connectivity index (χ3v) is 3.37. The summed E-state index contributed by atoms with van der Waals surface area (Å²) in [5.74, 6) is -1.04. The Morgan fingerprint density at radius 3 is 2.58 bits per heavy atom. The molecule has 0 aromatic heterocycles. The van der Waals surface area contributed by atoms with E-state index in [2.05, 4.69) is 5.32 Å². The molecule has 0 unspecified atom stereocenters. The first-order valence-corrected chi connectivity index (χ1v) is 6.16. The highest BCUT2D eigenvalue weighted by atomic mass is 16.4. The van der Waals surface area contributed by atoms with Crippen molar-refractivity contribution in [2.45, 2.75) is 25.3 Å². The Morgan fingerprint density at radius 1 is 1.42 bits per heavy atom. The summed E-state index contributed by atoms with van der Waals surface area (Å²) in [4.78, 5) is 24.2. The Morgan fingerprint density at radius 2 is 2.11 bits per heavy atom. The van der Waals surface area contributed by atoms with E-state index in [0.29, 0.717) is 5.69 Å². The lowest BCUT2D eigenvalue weighted by atomic mass is 9.93. The number of amides is 2. The molecule has 0 radical (unpaired) electrons. The highest BCUT2D eigenvalue weighted by Crippen LogP contribution is 2.24. The van der Waals surface area contributed by atoms with Crippen LogP contribution in [-0.2, 0) is 0 Å². The number of carboxylic acid groups (broad SMARTS) is 1. The lowest BCUT2D eigenvalue weighted by Gasteiger charge is -2.29. The van der Waals surface area contributed by atoms with Crippen molar-refractivity contribution in [3.8, 4) is 0 Å². The molecule has 0 heterocycles. The van der Waals surface area contributed by atoms with Gasteiger partial charge in [0, 0.05) is 13.1 Å². The number of rotatable bonds is 3. The van der Waals surface area contributed by atoms with Crippen molar-refractivity contribution >= 4 is 23.4 Å². The molecule has 0 spiro atoms. The highest BCUT2D eigenvalue weighted by Gasteiger charge is 2.22. The van der Waals surface area contributed by atoms with Crippen molar-refractivity contribution in [3.63, 3.8) is 0 Å². The quantitative estimate of drug-likeness (QED) is 0.723. The zero-order valence-electron chi connectivity index (χ0n) is 10.7. The molecular formula is C13H17N3O3. The number of urea groups is 1. The second-order valence-electron chi connectivity index (χ2n) is 4.72. The molecule has 1 fully saturated rings. The number of anilines is 2. The Balaban J connectivity index is 2.11. The number of nitrogens with two attached hydrogens (primary N) is 1. The number of hydrogen-bond acceptors (Lipinski definition) is 3. The summed E-state index contributed by atoms with van der Waals surface area (Å²) in [7, 11) is 1.61. The Hall–Kier alpha value is -2.24. The van der Waals surface area contributed by atoms with Crippen LogP contribution >= 0.6 is 0 Å². The molecule has 6 nitrogen and oxygen atoms in total. The smallest absolute Gasteiger partial charge is 0.335 e. The van der Waals surface area contributed by atoms with Crippen LogP contribution in [0.25, 0.3) is 0 Å². The van der Waals surface area contributed by atoms with E-state index in [1.165, 1.54) is 17.0 Å². The normalized spacial score (nSPS) is 14.6. The van der Waals surface area contributed by atoms with Gasteiger partial charge in [0.1, 0.15) is 0 Å². The van der Waals surface area contributed by atoms with E-state index in [9.17, 15) is 9.59 Å². The maximum absolute atomic E-state index is 12.0. The molecule has 4 N–H and O–H groups in total. The Labute approximate surface area is 111 Å². The van der Waals surface area contributed by atoms with Gasteiger partial charge < -0.3 is 16.2 Å². The van der Waals surface area contributed by atoms with Gasteiger partial charge in [-0.1, -0.05) is 0 Å². The molecule has 102 valence electrons. The van der Waals surface area contributed by atoms with Gasteiger partial charge in [0.2, 0.25) is 0 Å². The summed E-state index contributed by atoms with van der Waals surface area (Å²) >= 11 is 0. The van der Waals surface area contributed by atoms with E-state index in [1.54, 1.807) is 13.1 Å². The average Bonchev–Trinajstić information content (AvgIpc) is 2.32. The standard InChI is InChI=1S/C13H17N3O3/c1-16(13(19)15-9-3-2-4-9)11-6-5-8(12(17)18)7-10(11)14/h5-7,9H,2-4,14H2,1H3,(H,15,19)(H,17,18). The number of nitrogens with one attached hydrogen (secondary N) is 1. The first-order valence-electron chi connectivity index (χ1n) is 6.16. The van der Waals surface area contributed by atoms with Gasteiger partial charge in [0.05, 0.1) is 16.9 Å². The van der Waals surface area contributed by atoms with Gasteiger partial charge in [-0.2, -0.15) is 0 Å². The Kier molecular flexibility index (Phi) is 3.59. The lowest BCUT2D eigenvalue weighted by molar-refractivity contribution is 0.0697. The molecule has 1 aromatic carbocycles. The summed E-state index contributed by atoms with van der Waals surface area (Å²) < 4.78 is 0. The Bertz CT molecular complexity index is 512. The molecule has 2 rings (SSSR count). The van der Waals surface area contributed by atoms with Crippen LogP contribution in [0.4, 0.5) is 16.2 Å². The maximum atomic E-state index is 12.0. The SMILES string of the molecule is CN(C(=O)NC1CCC1)c1ccc(C(=O)O)cc1N. The van der Waals surface area contributed by atoms with Crippen LogP contribution in [0.1, 0.15) is 29.6 Å². The highest BCUT2D eigenvalue weighted by molar-refractivity contribution is 5.97. The summed E-state index contributed by atoms with van der Waals surface area (Å²) in [6.07, 6.45) is 3.16. The number of carboxylic acids is 1. The predicted octanol–water partition coefficient (Wildman–Crippen LogP) is 1.67. The molecule has 1 aliphatic carbocycles. The van der Waals surface area contributed by atoms with Crippen LogP contribution in [0.15, 0.2) is 18.2 Å². The number of nitrogen functional groups attached to an aromatic ring is 1. The predicted molar refractivity (Wildman–Crippen MR) is 72.4 cm³/mol. The summed E-state index contributed by atoms with van der Waals surface area (Å²) in [5, 5.41) is 11.8. The summed E-state index contributed by atoms with van der Waals surface area (Å²) in [6, 6.07) is 4.35. The minimum absolute atomic E-state index is 0.106. The first-order chi connectivity index (χ1) is 8.99. The van der Waals surface area contributed by atoms with Crippen LogP contribution in [-0.4, -0.2) is 30.2 Å². The molecule has 1 saturated carbocycles. The number of nitrogens with zero attached hydrogens (tertiary/aromatic N) is 1. The minimum atomic E-state index is -1.04. The molecule has 2 amide bonds. The second-order valence-corrected chi connectivity index (χ2v) is 4.72. The topological polar surface area (TPSA) is 95.7 Å². The van der Waals surface area contributed by atoms with Crippen molar-refractivity contribution in [3.05, 3.63) is 23.8 Å². The molecule has 0 bridgehead atoms. The van der Waals surface area contributed by atoms with E-state index in [1.807, 2.05) is 0 Å². The average molecular weight is 263 g/mol. The lowest BCUT2D eigenvalue weighted by Crippen LogP contribution is -2.46. The van der Waals surface area contributed by atoms with Crippen LogP contribution in [0.3, 0.4) is 0 Å². The minimum Gasteiger partial charge on any atom is -0.478 e. The summed E-state index contributed by atoms with van der Waals surface area (Å²) in [5.41, 5.74) is 6.67. The first kappa shape index (κ1) is 13.2. The van der Waals surface area contributed by atoms with Gasteiger partial charge in [-0.05, 0) is 37.5 Å².